The van der Waals surface area contributed by atoms with Crippen LogP contribution in [-0.4, -0.2) is 72.0 Å². The molecule has 2 aliphatic carbocycles. The summed E-state index contributed by atoms with van der Waals surface area (Å²) in [4.78, 5) is 71.5. The standard InChI is InChI=1S/C55H47N5O9/c61-51(62)33-67-36-29-49(59-52(63)47(27-34-15-3-1-4-16-34)56-54(65)68-31-45-41-23-11-7-19-37(41)38-20-8-12-24-42(38)45)58-50(30-36)60-53(64)48(28-35-17-5-2-6-18-35)57-55(66)69-32-46-43-25-13-9-21-39(43)40-22-10-14-26-44(40)46/h1-26,29-30,45-48H,27-28,31-33H2,(H,56,65)(H,57,66)(H,61,62)(H2,58,59,60,63,64)/t47-,48-/m0/s1. The van der Waals surface area contributed by atoms with Crippen LogP contribution in [0.1, 0.15) is 45.2 Å². The zero-order valence-corrected chi connectivity index (χ0v) is 37.2. The lowest BCUT2D eigenvalue weighted by Crippen LogP contribution is -2.46. The van der Waals surface area contributed by atoms with Crippen LogP contribution in [0.5, 0.6) is 5.75 Å². The van der Waals surface area contributed by atoms with E-state index >= 15 is 0 Å². The van der Waals surface area contributed by atoms with Crippen LogP contribution >= 0.6 is 0 Å². The van der Waals surface area contributed by atoms with Crippen molar-refractivity contribution < 1.29 is 43.3 Å². The van der Waals surface area contributed by atoms with Gasteiger partial charge >= 0.3 is 18.2 Å². The molecule has 0 bridgehead atoms. The van der Waals surface area contributed by atoms with Crippen molar-refractivity contribution in [2.45, 2.75) is 36.8 Å². The van der Waals surface area contributed by atoms with Crippen molar-refractivity contribution >= 4 is 41.6 Å². The lowest BCUT2D eigenvalue weighted by atomic mass is 9.98. The number of carbonyl (C=O) groups excluding carboxylic acids is 4. The third kappa shape index (κ3) is 10.8. The average Bonchev–Trinajstić information content (AvgIpc) is 3.86. The van der Waals surface area contributed by atoms with Crippen molar-refractivity contribution in [2.24, 2.45) is 0 Å². The van der Waals surface area contributed by atoms with Gasteiger partial charge in [0.2, 0.25) is 11.8 Å². The van der Waals surface area contributed by atoms with Crippen molar-refractivity contribution in [1.29, 1.82) is 0 Å². The number of aliphatic carboxylic acids is 1. The molecule has 5 N–H and O–H groups in total. The van der Waals surface area contributed by atoms with E-state index in [0.717, 1.165) is 55.6 Å². The summed E-state index contributed by atoms with van der Waals surface area (Å²) in [5, 5.41) is 20.3. The number of rotatable bonds is 17. The molecule has 0 aliphatic heterocycles. The number of anilines is 2. The van der Waals surface area contributed by atoms with Gasteiger partial charge in [-0.25, -0.2) is 19.4 Å². The maximum Gasteiger partial charge on any atom is 0.407 e. The van der Waals surface area contributed by atoms with Crippen LogP contribution in [0.3, 0.4) is 0 Å². The first-order valence-electron chi connectivity index (χ1n) is 22.5. The quantitative estimate of drug-likeness (QED) is 0.0590. The molecule has 6 aromatic carbocycles. The molecule has 0 radical (unpaired) electrons. The van der Waals surface area contributed by atoms with Crippen molar-refractivity contribution in [3.8, 4) is 28.0 Å². The van der Waals surface area contributed by atoms with E-state index in [1.54, 1.807) is 0 Å². The Labute approximate surface area is 397 Å². The summed E-state index contributed by atoms with van der Waals surface area (Å²) < 4.78 is 17.1. The summed E-state index contributed by atoms with van der Waals surface area (Å²) in [5.41, 5.74) is 9.88. The smallest absolute Gasteiger partial charge is 0.407 e. The number of alkyl carbamates (subject to hydrolysis) is 2. The number of fused-ring (bicyclic) bond motifs is 6. The van der Waals surface area contributed by atoms with Crippen LogP contribution in [0.2, 0.25) is 0 Å². The molecule has 0 saturated heterocycles. The number of carbonyl (C=O) groups is 5. The lowest BCUT2D eigenvalue weighted by molar-refractivity contribution is -0.139. The minimum Gasteiger partial charge on any atom is -0.482 e. The number of nitrogens with zero attached hydrogens (tertiary/aromatic N) is 1. The Kier molecular flexibility index (Phi) is 13.7. The molecule has 9 rings (SSSR count). The van der Waals surface area contributed by atoms with Crippen LogP contribution in [0.15, 0.2) is 170 Å². The number of nitrogens with one attached hydrogen (secondary N) is 4. The van der Waals surface area contributed by atoms with Crippen molar-refractivity contribution in [3.63, 3.8) is 0 Å². The maximum absolute atomic E-state index is 14.2. The van der Waals surface area contributed by atoms with E-state index < -0.39 is 48.7 Å². The van der Waals surface area contributed by atoms with Crippen molar-refractivity contribution in [1.82, 2.24) is 15.6 Å². The molecule has 1 heterocycles. The molecule has 1 aromatic heterocycles. The molecule has 0 spiro atoms. The summed E-state index contributed by atoms with van der Waals surface area (Å²) in [6.45, 7) is -0.701. The fraction of sp³-hybridized carbons (Fsp3) is 0.164. The molecule has 4 amide bonds. The van der Waals surface area contributed by atoms with Gasteiger partial charge in [0, 0.05) is 36.8 Å². The first-order chi connectivity index (χ1) is 33.7. The van der Waals surface area contributed by atoms with Crippen LogP contribution in [0.4, 0.5) is 21.2 Å². The van der Waals surface area contributed by atoms with E-state index in [4.69, 9.17) is 14.2 Å². The van der Waals surface area contributed by atoms with Crippen LogP contribution in [0, 0.1) is 0 Å². The highest BCUT2D eigenvalue weighted by Crippen LogP contribution is 2.45. The molecule has 14 heteroatoms. The molecule has 14 nitrogen and oxygen atoms in total. The third-order valence-corrected chi connectivity index (χ3v) is 12.1. The number of pyridine rings is 1. The Bertz CT molecular complexity index is 2740. The van der Waals surface area contributed by atoms with Crippen LogP contribution in [-0.2, 0) is 36.7 Å². The van der Waals surface area contributed by atoms with Crippen LogP contribution < -0.4 is 26.0 Å². The lowest BCUT2D eigenvalue weighted by Gasteiger charge is -2.21. The van der Waals surface area contributed by atoms with Gasteiger partial charge in [0.1, 0.15) is 42.7 Å². The van der Waals surface area contributed by atoms with E-state index in [9.17, 15) is 29.1 Å². The Balaban J connectivity index is 0.910. The minimum absolute atomic E-state index is 0.0224. The van der Waals surface area contributed by atoms with Gasteiger partial charge in [-0.15, -0.1) is 0 Å². The van der Waals surface area contributed by atoms with Crippen LogP contribution in [0.25, 0.3) is 22.3 Å². The fourth-order valence-corrected chi connectivity index (χ4v) is 8.97. The maximum atomic E-state index is 14.2. The number of carboxylic acids is 1. The van der Waals surface area contributed by atoms with E-state index in [1.807, 2.05) is 158 Å². The molecule has 7 aromatic rings. The second-order valence-electron chi connectivity index (χ2n) is 16.7. The summed E-state index contributed by atoms with van der Waals surface area (Å²) in [7, 11) is 0. The normalized spacial score (nSPS) is 13.0. The molecular weight excluding hydrogens is 875 g/mol. The zero-order valence-electron chi connectivity index (χ0n) is 37.2. The second-order valence-corrected chi connectivity index (χ2v) is 16.7. The van der Waals surface area contributed by atoms with Crippen molar-refractivity contribution in [2.75, 3.05) is 30.5 Å². The highest BCUT2D eigenvalue weighted by molar-refractivity contribution is 5.98. The van der Waals surface area contributed by atoms with E-state index in [-0.39, 0.29) is 55.3 Å². The summed E-state index contributed by atoms with van der Waals surface area (Å²) >= 11 is 0. The number of benzene rings is 6. The van der Waals surface area contributed by atoms with Crippen molar-refractivity contribution in [3.05, 3.63) is 203 Å². The molecule has 69 heavy (non-hydrogen) atoms. The predicted octanol–water partition coefficient (Wildman–Crippen LogP) is 8.72. The van der Waals surface area contributed by atoms with Gasteiger partial charge in [-0.05, 0) is 55.6 Å². The van der Waals surface area contributed by atoms with E-state index in [2.05, 4.69) is 26.3 Å². The zero-order chi connectivity index (χ0) is 47.7. The SMILES string of the molecule is O=C(O)COc1cc(NC(=O)[C@H](Cc2ccccc2)NC(=O)OCC2c3ccccc3-c3ccccc32)nc(NC(=O)[C@H](Cc2ccccc2)NC(=O)OCC2c3ccccc3-c3ccccc32)c1. The monoisotopic (exact) mass is 921 g/mol. The molecule has 0 fully saturated rings. The van der Waals surface area contributed by atoms with Gasteiger partial charge in [-0.1, -0.05) is 158 Å². The summed E-state index contributed by atoms with van der Waals surface area (Å²) in [6, 6.07) is 50.2. The summed E-state index contributed by atoms with van der Waals surface area (Å²) in [6.07, 6.45) is -1.50. The highest BCUT2D eigenvalue weighted by atomic mass is 16.6. The molecule has 346 valence electrons. The topological polar surface area (TPSA) is 194 Å². The summed E-state index contributed by atoms with van der Waals surface area (Å²) in [5.74, 6) is -3.38. The van der Waals surface area contributed by atoms with Gasteiger partial charge in [-0.3, -0.25) is 9.59 Å². The fourth-order valence-electron chi connectivity index (χ4n) is 8.97. The van der Waals surface area contributed by atoms with Gasteiger partial charge in [0.15, 0.2) is 6.61 Å². The molecule has 0 unspecified atom stereocenters. The Morgan fingerprint density at radius 3 is 1.20 bits per heavy atom. The number of aromatic nitrogens is 1. The number of hydrogen-bond donors (Lipinski definition) is 5. The molecular formula is C55H47N5O9. The largest absolute Gasteiger partial charge is 0.482 e. The number of hydrogen-bond acceptors (Lipinski definition) is 9. The van der Waals surface area contributed by atoms with Gasteiger partial charge in [0.05, 0.1) is 0 Å². The predicted molar refractivity (Wildman–Crippen MR) is 259 cm³/mol. The number of carboxylic acid groups (broad SMARTS) is 1. The number of amides is 4. The van der Waals surface area contributed by atoms with E-state index in [0.29, 0.717) is 0 Å². The second kappa shape index (κ2) is 20.8. The Morgan fingerprint density at radius 1 is 0.493 bits per heavy atom. The average molecular weight is 922 g/mol. The molecule has 2 atom stereocenters. The van der Waals surface area contributed by atoms with Gasteiger partial charge in [-0.2, -0.15) is 0 Å². The van der Waals surface area contributed by atoms with E-state index in [1.165, 1.54) is 12.1 Å². The Morgan fingerprint density at radius 2 is 0.841 bits per heavy atom. The minimum atomic E-state index is -1.27. The van der Waals surface area contributed by atoms with Gasteiger partial charge < -0.3 is 40.6 Å². The highest BCUT2D eigenvalue weighted by Gasteiger charge is 2.32. The number of ether oxygens (including phenoxy) is 3. The molecule has 0 saturated carbocycles. The first-order valence-corrected chi connectivity index (χ1v) is 22.5. The third-order valence-electron chi connectivity index (χ3n) is 12.1. The Hall–Kier alpha value is -8.78. The first kappa shape index (κ1) is 45.4. The van der Waals surface area contributed by atoms with Gasteiger partial charge in [0.25, 0.3) is 0 Å². The molecule has 2 aliphatic rings.